The number of hydrogen-bond acceptors (Lipinski definition) is 3. The van der Waals surface area contributed by atoms with Crippen molar-refractivity contribution in [1.29, 1.82) is 0 Å². The number of benzene rings is 1. The zero-order chi connectivity index (χ0) is 11.6. The molecule has 2 aliphatic heterocycles. The van der Waals surface area contributed by atoms with E-state index in [-0.39, 0.29) is 5.79 Å². The molecule has 0 aliphatic carbocycles. The fraction of sp³-hybridized carbons (Fsp3) is 0.571. The second-order valence-corrected chi connectivity index (χ2v) is 4.83. The van der Waals surface area contributed by atoms with Gasteiger partial charge in [0.25, 0.3) is 0 Å². The molecule has 1 unspecified atom stereocenters. The Morgan fingerprint density at radius 3 is 2.65 bits per heavy atom. The van der Waals surface area contributed by atoms with Crippen molar-refractivity contribution in [3.63, 3.8) is 0 Å². The molecule has 1 aromatic rings. The molecule has 3 nitrogen and oxygen atoms in total. The van der Waals surface area contributed by atoms with Crippen LogP contribution in [0.3, 0.4) is 0 Å². The van der Waals surface area contributed by atoms with Crippen LogP contribution in [-0.2, 0) is 9.47 Å². The van der Waals surface area contributed by atoms with Gasteiger partial charge >= 0.3 is 0 Å². The van der Waals surface area contributed by atoms with Gasteiger partial charge in [-0.15, -0.1) is 0 Å². The number of hydrogen-bond donors (Lipinski definition) is 1. The first kappa shape index (κ1) is 11.2. The van der Waals surface area contributed by atoms with Crippen LogP contribution in [-0.4, -0.2) is 25.5 Å². The summed E-state index contributed by atoms with van der Waals surface area (Å²) in [5.41, 5.74) is 1.32. The van der Waals surface area contributed by atoms with E-state index in [1.165, 1.54) is 5.56 Å². The molecule has 0 bridgehead atoms. The molecule has 1 N–H and O–H groups in total. The summed E-state index contributed by atoms with van der Waals surface area (Å²) in [6.07, 6.45) is 2.89. The van der Waals surface area contributed by atoms with Crippen molar-refractivity contribution >= 4 is 0 Å². The zero-order valence-electron chi connectivity index (χ0n) is 10.0. The zero-order valence-corrected chi connectivity index (χ0v) is 10.0. The summed E-state index contributed by atoms with van der Waals surface area (Å²) in [5.74, 6) is -0.329. The summed E-state index contributed by atoms with van der Waals surface area (Å²) in [6, 6.07) is 10.9. The summed E-state index contributed by atoms with van der Waals surface area (Å²) in [5, 5.41) is 3.55. The van der Waals surface area contributed by atoms with Gasteiger partial charge in [-0.1, -0.05) is 30.3 Å². The van der Waals surface area contributed by atoms with E-state index in [0.29, 0.717) is 6.04 Å². The number of ether oxygens (including phenoxy) is 2. The summed E-state index contributed by atoms with van der Waals surface area (Å²) in [6.45, 7) is 2.63. The molecule has 0 radical (unpaired) electrons. The highest BCUT2D eigenvalue weighted by Gasteiger charge is 2.40. The van der Waals surface area contributed by atoms with E-state index in [0.717, 1.165) is 39.0 Å². The molecule has 2 saturated heterocycles. The van der Waals surface area contributed by atoms with Crippen molar-refractivity contribution in [1.82, 2.24) is 5.32 Å². The Morgan fingerprint density at radius 1 is 1.12 bits per heavy atom. The van der Waals surface area contributed by atoms with E-state index < -0.39 is 0 Å². The minimum Gasteiger partial charge on any atom is -0.350 e. The average Bonchev–Trinajstić information content (AvgIpc) is 2.41. The fourth-order valence-corrected chi connectivity index (χ4v) is 2.72. The lowest BCUT2D eigenvalue weighted by Gasteiger charge is -2.43. The van der Waals surface area contributed by atoms with Gasteiger partial charge < -0.3 is 14.8 Å². The van der Waals surface area contributed by atoms with Gasteiger partial charge in [-0.05, 0) is 12.0 Å². The first-order valence-electron chi connectivity index (χ1n) is 6.44. The van der Waals surface area contributed by atoms with E-state index in [1.807, 2.05) is 0 Å². The van der Waals surface area contributed by atoms with E-state index in [2.05, 4.69) is 35.6 Å². The van der Waals surface area contributed by atoms with Gasteiger partial charge in [-0.25, -0.2) is 0 Å². The maximum Gasteiger partial charge on any atom is 0.171 e. The molecule has 1 atom stereocenters. The quantitative estimate of drug-likeness (QED) is 0.807. The molecular weight excluding hydrogens is 214 g/mol. The van der Waals surface area contributed by atoms with E-state index in [4.69, 9.17) is 9.47 Å². The molecule has 92 valence electrons. The van der Waals surface area contributed by atoms with Crippen LogP contribution in [0.2, 0.25) is 0 Å². The highest BCUT2D eigenvalue weighted by atomic mass is 16.7. The highest BCUT2D eigenvalue weighted by molar-refractivity contribution is 5.20. The molecule has 17 heavy (non-hydrogen) atoms. The summed E-state index contributed by atoms with van der Waals surface area (Å²) < 4.78 is 11.8. The lowest BCUT2D eigenvalue weighted by molar-refractivity contribution is -0.281. The Labute approximate surface area is 102 Å². The minimum absolute atomic E-state index is 0.329. The molecule has 0 saturated carbocycles. The summed E-state index contributed by atoms with van der Waals surface area (Å²) in [4.78, 5) is 0. The molecule has 1 spiro atoms. The largest absolute Gasteiger partial charge is 0.350 e. The molecule has 2 fully saturated rings. The van der Waals surface area contributed by atoms with Gasteiger partial charge in [-0.2, -0.15) is 0 Å². The summed E-state index contributed by atoms with van der Waals surface area (Å²) in [7, 11) is 0. The molecule has 0 aromatic heterocycles. The van der Waals surface area contributed by atoms with Crippen molar-refractivity contribution in [2.75, 3.05) is 19.8 Å². The molecule has 0 amide bonds. The van der Waals surface area contributed by atoms with Crippen LogP contribution in [0.1, 0.15) is 30.9 Å². The van der Waals surface area contributed by atoms with Gasteiger partial charge in [0.05, 0.1) is 13.2 Å². The lowest BCUT2D eigenvalue weighted by Crippen LogP contribution is -2.49. The van der Waals surface area contributed by atoms with Gasteiger partial charge in [0.1, 0.15) is 0 Å². The van der Waals surface area contributed by atoms with Crippen LogP contribution in [0.4, 0.5) is 0 Å². The maximum atomic E-state index is 5.90. The molecule has 2 heterocycles. The Bertz CT molecular complexity index is 354. The predicted octanol–water partition coefficient (Wildman–Crippen LogP) is 2.24. The third kappa shape index (κ3) is 2.37. The van der Waals surface area contributed by atoms with Crippen molar-refractivity contribution in [3.8, 4) is 0 Å². The normalized spacial score (nSPS) is 28.1. The van der Waals surface area contributed by atoms with Crippen molar-refractivity contribution < 1.29 is 9.47 Å². The Kier molecular flexibility index (Phi) is 3.14. The Balaban J connectivity index is 1.75. The Hall–Kier alpha value is -0.900. The lowest BCUT2D eigenvalue weighted by atomic mass is 9.92. The number of piperidine rings is 1. The van der Waals surface area contributed by atoms with Gasteiger partial charge in [-0.3, -0.25) is 0 Å². The van der Waals surface area contributed by atoms with Gasteiger partial charge in [0.2, 0.25) is 0 Å². The molecule has 3 rings (SSSR count). The third-order valence-electron chi connectivity index (χ3n) is 3.63. The smallest absolute Gasteiger partial charge is 0.171 e. The monoisotopic (exact) mass is 233 g/mol. The second kappa shape index (κ2) is 4.77. The van der Waals surface area contributed by atoms with Gasteiger partial charge in [0.15, 0.2) is 5.79 Å². The van der Waals surface area contributed by atoms with Crippen LogP contribution < -0.4 is 5.32 Å². The topological polar surface area (TPSA) is 30.5 Å². The molecular formula is C14H19NO2. The Morgan fingerprint density at radius 2 is 1.88 bits per heavy atom. The average molecular weight is 233 g/mol. The van der Waals surface area contributed by atoms with Crippen LogP contribution in [0, 0.1) is 0 Å². The molecule has 2 aliphatic rings. The standard InChI is InChI=1S/C14H19NO2/c1-2-5-12(6-3-1)13-11-14(7-8-15-13)16-9-4-10-17-14/h1-3,5-6,13,15H,4,7-11H2. The van der Waals surface area contributed by atoms with Crippen molar-refractivity contribution in [2.24, 2.45) is 0 Å². The number of rotatable bonds is 1. The molecule has 3 heteroatoms. The first-order chi connectivity index (χ1) is 8.38. The van der Waals surface area contributed by atoms with E-state index in [9.17, 15) is 0 Å². The SMILES string of the molecule is c1ccc(C2CC3(CCN2)OCCCO3)cc1. The van der Waals surface area contributed by atoms with Gasteiger partial charge in [0, 0.05) is 25.4 Å². The molecule has 1 aromatic carbocycles. The first-order valence-corrected chi connectivity index (χ1v) is 6.44. The highest BCUT2D eigenvalue weighted by Crippen LogP contribution is 2.35. The van der Waals surface area contributed by atoms with Crippen LogP contribution in [0.5, 0.6) is 0 Å². The van der Waals surface area contributed by atoms with Crippen molar-refractivity contribution in [3.05, 3.63) is 35.9 Å². The number of nitrogens with one attached hydrogen (secondary N) is 1. The second-order valence-electron chi connectivity index (χ2n) is 4.83. The minimum atomic E-state index is -0.329. The van der Waals surface area contributed by atoms with Crippen LogP contribution in [0.25, 0.3) is 0 Å². The van der Waals surface area contributed by atoms with Crippen molar-refractivity contribution in [2.45, 2.75) is 31.1 Å². The van der Waals surface area contributed by atoms with Crippen LogP contribution >= 0.6 is 0 Å². The maximum absolute atomic E-state index is 5.90. The van der Waals surface area contributed by atoms with E-state index >= 15 is 0 Å². The third-order valence-corrected chi connectivity index (χ3v) is 3.63. The fourth-order valence-electron chi connectivity index (χ4n) is 2.72. The van der Waals surface area contributed by atoms with E-state index in [1.54, 1.807) is 0 Å². The predicted molar refractivity (Wildman–Crippen MR) is 65.7 cm³/mol. The van der Waals surface area contributed by atoms with Crippen LogP contribution in [0.15, 0.2) is 30.3 Å². The summed E-state index contributed by atoms with van der Waals surface area (Å²) >= 11 is 0.